The van der Waals surface area contributed by atoms with Crippen LogP contribution in [0.1, 0.15) is 30.8 Å². The second-order valence-corrected chi connectivity index (χ2v) is 5.14. The molecule has 0 radical (unpaired) electrons. The first-order valence-corrected chi connectivity index (χ1v) is 6.52. The van der Waals surface area contributed by atoms with Crippen molar-refractivity contribution in [3.63, 3.8) is 0 Å². The van der Waals surface area contributed by atoms with E-state index < -0.39 is 0 Å². The predicted octanol–water partition coefficient (Wildman–Crippen LogP) is 3.23. The molecule has 2 heteroatoms. The van der Waals surface area contributed by atoms with Crippen molar-refractivity contribution in [3.05, 3.63) is 59.4 Å². The van der Waals surface area contributed by atoms with E-state index >= 15 is 0 Å². The smallest absolute Gasteiger partial charge is 0.0833 e. The van der Waals surface area contributed by atoms with Crippen LogP contribution < -0.4 is 0 Å². The third kappa shape index (κ3) is 3.02. The summed E-state index contributed by atoms with van der Waals surface area (Å²) < 4.78 is 2.23. The Morgan fingerprint density at radius 2 is 1.67 bits per heavy atom. The van der Waals surface area contributed by atoms with E-state index in [0.717, 1.165) is 18.7 Å². The molecule has 0 spiro atoms. The van der Waals surface area contributed by atoms with Crippen molar-refractivity contribution in [2.24, 2.45) is 5.92 Å². The third-order valence-electron chi connectivity index (χ3n) is 3.12. The van der Waals surface area contributed by atoms with Crippen LogP contribution in [0.25, 0.3) is 0 Å². The Balaban J connectivity index is 2.27. The van der Waals surface area contributed by atoms with Gasteiger partial charge in [-0.15, -0.1) is 0 Å². The molecule has 0 aliphatic rings. The molecule has 0 aliphatic heterocycles. The fourth-order valence-electron chi connectivity index (χ4n) is 2.26. The van der Waals surface area contributed by atoms with Gasteiger partial charge in [-0.3, -0.25) is 0 Å². The number of aliphatic hydroxyl groups is 1. The van der Waals surface area contributed by atoms with Crippen molar-refractivity contribution >= 4 is 0 Å². The molecule has 1 aromatic heterocycles. The molecule has 0 amide bonds. The molecule has 1 aromatic carbocycles. The summed E-state index contributed by atoms with van der Waals surface area (Å²) in [5, 5.41) is 9.42. The SMILES string of the molecule is CC(C)Cc1ccc(CO)n1Cc1ccccc1. The van der Waals surface area contributed by atoms with E-state index in [1.54, 1.807) is 0 Å². The van der Waals surface area contributed by atoms with E-state index in [1.165, 1.54) is 11.3 Å². The zero-order valence-corrected chi connectivity index (χ0v) is 11.1. The Kier molecular flexibility index (Phi) is 4.21. The largest absolute Gasteiger partial charge is 0.390 e. The highest BCUT2D eigenvalue weighted by atomic mass is 16.3. The topological polar surface area (TPSA) is 25.2 Å². The lowest BCUT2D eigenvalue weighted by atomic mass is 10.1. The van der Waals surface area contributed by atoms with Gasteiger partial charge in [-0.05, 0) is 30.0 Å². The molecule has 2 aromatic rings. The monoisotopic (exact) mass is 243 g/mol. The molecule has 0 saturated heterocycles. The van der Waals surface area contributed by atoms with Crippen molar-refractivity contribution in [2.75, 3.05) is 0 Å². The standard InChI is InChI=1S/C16H21NO/c1-13(2)10-15-8-9-16(12-18)17(15)11-14-6-4-3-5-7-14/h3-9,13,18H,10-12H2,1-2H3. The minimum absolute atomic E-state index is 0.102. The third-order valence-corrected chi connectivity index (χ3v) is 3.12. The van der Waals surface area contributed by atoms with Crippen LogP contribution in [-0.2, 0) is 19.6 Å². The van der Waals surface area contributed by atoms with Gasteiger partial charge in [-0.1, -0.05) is 44.2 Å². The van der Waals surface area contributed by atoms with Gasteiger partial charge in [0.05, 0.1) is 6.61 Å². The van der Waals surface area contributed by atoms with Crippen LogP contribution in [0.4, 0.5) is 0 Å². The van der Waals surface area contributed by atoms with Crippen LogP contribution >= 0.6 is 0 Å². The van der Waals surface area contributed by atoms with Crippen molar-refractivity contribution in [1.29, 1.82) is 0 Å². The van der Waals surface area contributed by atoms with Crippen molar-refractivity contribution in [3.8, 4) is 0 Å². The first-order valence-electron chi connectivity index (χ1n) is 6.52. The molecule has 18 heavy (non-hydrogen) atoms. The van der Waals surface area contributed by atoms with Crippen molar-refractivity contribution in [1.82, 2.24) is 4.57 Å². The van der Waals surface area contributed by atoms with Gasteiger partial charge in [0, 0.05) is 17.9 Å². The quantitative estimate of drug-likeness (QED) is 0.857. The Morgan fingerprint density at radius 3 is 2.28 bits per heavy atom. The maximum Gasteiger partial charge on any atom is 0.0833 e. The van der Waals surface area contributed by atoms with Gasteiger partial charge in [0.2, 0.25) is 0 Å². The average molecular weight is 243 g/mol. The van der Waals surface area contributed by atoms with Gasteiger partial charge in [0.25, 0.3) is 0 Å². The number of hydrogen-bond acceptors (Lipinski definition) is 1. The van der Waals surface area contributed by atoms with E-state index in [-0.39, 0.29) is 6.61 Å². The van der Waals surface area contributed by atoms with Crippen molar-refractivity contribution < 1.29 is 5.11 Å². The summed E-state index contributed by atoms with van der Waals surface area (Å²) in [4.78, 5) is 0. The van der Waals surface area contributed by atoms with Crippen molar-refractivity contribution in [2.45, 2.75) is 33.4 Å². The van der Waals surface area contributed by atoms with E-state index in [2.05, 4.69) is 48.7 Å². The van der Waals surface area contributed by atoms with Crippen LogP contribution in [-0.4, -0.2) is 9.67 Å². The number of aliphatic hydroxyl groups excluding tert-OH is 1. The highest BCUT2D eigenvalue weighted by Gasteiger charge is 2.09. The Hall–Kier alpha value is -1.54. The maximum atomic E-state index is 9.42. The normalized spacial score (nSPS) is 11.1. The molecular weight excluding hydrogens is 222 g/mol. The molecule has 2 rings (SSSR count). The summed E-state index contributed by atoms with van der Waals surface area (Å²) in [5.41, 5.74) is 3.57. The van der Waals surface area contributed by atoms with Gasteiger partial charge in [-0.2, -0.15) is 0 Å². The average Bonchev–Trinajstić information content (AvgIpc) is 2.72. The molecule has 1 heterocycles. The van der Waals surface area contributed by atoms with Gasteiger partial charge >= 0.3 is 0 Å². The number of aromatic nitrogens is 1. The van der Waals surface area contributed by atoms with E-state index in [1.807, 2.05) is 12.1 Å². The molecule has 2 nitrogen and oxygen atoms in total. The molecule has 0 bridgehead atoms. The zero-order valence-electron chi connectivity index (χ0n) is 11.1. The molecule has 0 saturated carbocycles. The Morgan fingerprint density at radius 1 is 1.00 bits per heavy atom. The minimum atomic E-state index is 0.102. The van der Waals surface area contributed by atoms with E-state index in [4.69, 9.17) is 0 Å². The predicted molar refractivity (Wildman–Crippen MR) is 74.4 cm³/mol. The molecular formula is C16H21NO. The van der Waals surface area contributed by atoms with Gasteiger partial charge < -0.3 is 9.67 Å². The number of hydrogen-bond donors (Lipinski definition) is 1. The van der Waals surface area contributed by atoms with Crippen LogP contribution in [0.5, 0.6) is 0 Å². The summed E-state index contributed by atoms with van der Waals surface area (Å²) in [6.07, 6.45) is 1.05. The summed E-state index contributed by atoms with van der Waals surface area (Å²) in [7, 11) is 0. The van der Waals surface area contributed by atoms with Crippen LogP contribution in [0.3, 0.4) is 0 Å². The zero-order chi connectivity index (χ0) is 13.0. The highest BCUT2D eigenvalue weighted by Crippen LogP contribution is 2.16. The fourth-order valence-corrected chi connectivity index (χ4v) is 2.26. The molecule has 0 unspecified atom stereocenters. The molecule has 0 aliphatic carbocycles. The summed E-state index contributed by atoms with van der Waals surface area (Å²) in [6, 6.07) is 14.6. The van der Waals surface area contributed by atoms with Crippen LogP contribution in [0, 0.1) is 5.92 Å². The lowest BCUT2D eigenvalue weighted by Crippen LogP contribution is -2.10. The van der Waals surface area contributed by atoms with Crippen LogP contribution in [0.2, 0.25) is 0 Å². The second-order valence-electron chi connectivity index (χ2n) is 5.14. The summed E-state index contributed by atoms with van der Waals surface area (Å²) in [6.45, 7) is 5.38. The number of rotatable bonds is 5. The van der Waals surface area contributed by atoms with E-state index in [9.17, 15) is 5.11 Å². The lowest BCUT2D eigenvalue weighted by Gasteiger charge is -2.14. The molecule has 0 fully saturated rings. The van der Waals surface area contributed by atoms with Crippen LogP contribution in [0.15, 0.2) is 42.5 Å². The maximum absolute atomic E-state index is 9.42. The number of nitrogens with zero attached hydrogens (tertiary/aromatic N) is 1. The van der Waals surface area contributed by atoms with Gasteiger partial charge in [0.15, 0.2) is 0 Å². The second kappa shape index (κ2) is 5.87. The Bertz CT molecular complexity index is 485. The summed E-state index contributed by atoms with van der Waals surface area (Å²) in [5.74, 6) is 0.626. The number of benzene rings is 1. The van der Waals surface area contributed by atoms with E-state index in [0.29, 0.717) is 5.92 Å². The molecule has 0 atom stereocenters. The Labute approximate surface area is 109 Å². The van der Waals surface area contributed by atoms with Gasteiger partial charge in [-0.25, -0.2) is 0 Å². The first-order chi connectivity index (χ1) is 8.70. The minimum Gasteiger partial charge on any atom is -0.390 e. The molecule has 96 valence electrons. The van der Waals surface area contributed by atoms with Gasteiger partial charge in [0.1, 0.15) is 0 Å². The lowest BCUT2D eigenvalue weighted by molar-refractivity contribution is 0.271. The molecule has 1 N–H and O–H groups in total. The fraction of sp³-hybridized carbons (Fsp3) is 0.375. The first kappa shape index (κ1) is 12.9. The summed E-state index contributed by atoms with van der Waals surface area (Å²) >= 11 is 0. The highest BCUT2D eigenvalue weighted by molar-refractivity contribution is 5.21.